The van der Waals surface area contributed by atoms with Crippen molar-refractivity contribution in [3.8, 4) is 5.75 Å². The minimum Gasteiger partial charge on any atom is -0.507 e. The van der Waals surface area contributed by atoms with Crippen molar-refractivity contribution in [1.82, 2.24) is 9.80 Å². The van der Waals surface area contributed by atoms with Crippen molar-refractivity contribution in [2.45, 2.75) is 13.1 Å². The molecule has 0 bridgehead atoms. The zero-order valence-corrected chi connectivity index (χ0v) is 17.6. The van der Waals surface area contributed by atoms with Gasteiger partial charge in [0.05, 0.1) is 0 Å². The number of phenols is 1. The van der Waals surface area contributed by atoms with Gasteiger partial charge in [-0.3, -0.25) is 4.79 Å². The van der Waals surface area contributed by atoms with Crippen LogP contribution in [0.1, 0.15) is 27.0 Å². The highest BCUT2D eigenvalue weighted by molar-refractivity contribution is 6.30. The number of aromatic hydroxyl groups is 1. The lowest BCUT2D eigenvalue weighted by Gasteiger charge is -2.17. The van der Waals surface area contributed by atoms with E-state index >= 15 is 0 Å². The quantitative estimate of drug-likeness (QED) is 0.541. The van der Waals surface area contributed by atoms with Gasteiger partial charge in [-0.2, -0.15) is 0 Å². The van der Waals surface area contributed by atoms with Crippen LogP contribution in [0.15, 0.2) is 42.5 Å². The Balaban J connectivity index is 0.00000364. The predicted octanol–water partition coefficient (Wildman–Crippen LogP) is 4.49. The van der Waals surface area contributed by atoms with E-state index in [1.165, 1.54) is 0 Å². The minimum absolute atomic E-state index is 0. The standard InChI is InChI=1S/C21H25ClN2O2.ClH/c1-23(2)13-17-11-16(12-18(21(17)26)14-24(3)4)20(25)10-7-15-5-8-19(22)9-6-15;/h5-12,26H,13-14H2,1-4H3;1H. The number of rotatable bonds is 7. The Morgan fingerprint density at radius 3 is 1.93 bits per heavy atom. The van der Waals surface area contributed by atoms with E-state index in [2.05, 4.69) is 0 Å². The van der Waals surface area contributed by atoms with Crippen LogP contribution in [0.5, 0.6) is 5.75 Å². The van der Waals surface area contributed by atoms with E-state index < -0.39 is 0 Å². The average molecular weight is 409 g/mol. The van der Waals surface area contributed by atoms with Crippen LogP contribution in [0.2, 0.25) is 5.02 Å². The monoisotopic (exact) mass is 408 g/mol. The van der Waals surface area contributed by atoms with Gasteiger partial charge in [0.2, 0.25) is 0 Å². The molecule has 4 nitrogen and oxygen atoms in total. The first-order chi connectivity index (χ1) is 12.3. The summed E-state index contributed by atoms with van der Waals surface area (Å²) < 4.78 is 0. The molecule has 1 N–H and O–H groups in total. The molecule has 0 saturated carbocycles. The molecule has 0 aliphatic carbocycles. The van der Waals surface area contributed by atoms with E-state index in [9.17, 15) is 9.90 Å². The van der Waals surface area contributed by atoms with Gasteiger partial charge in [-0.05, 0) is 64.1 Å². The van der Waals surface area contributed by atoms with E-state index in [-0.39, 0.29) is 23.9 Å². The zero-order valence-electron chi connectivity index (χ0n) is 16.1. The van der Waals surface area contributed by atoms with Gasteiger partial charge in [-0.15, -0.1) is 12.4 Å². The molecule has 0 fully saturated rings. The maximum absolute atomic E-state index is 12.7. The lowest BCUT2D eigenvalue weighted by Crippen LogP contribution is -2.15. The molecule has 0 unspecified atom stereocenters. The largest absolute Gasteiger partial charge is 0.507 e. The van der Waals surface area contributed by atoms with Crippen molar-refractivity contribution >= 4 is 35.9 Å². The SMILES string of the molecule is CN(C)Cc1cc(C(=O)C=Cc2ccc(Cl)cc2)cc(CN(C)C)c1O.Cl. The lowest BCUT2D eigenvalue weighted by molar-refractivity contribution is 0.104. The number of nitrogens with zero attached hydrogens (tertiary/aromatic N) is 2. The summed E-state index contributed by atoms with van der Waals surface area (Å²) in [5, 5.41) is 11.2. The van der Waals surface area contributed by atoms with Gasteiger partial charge < -0.3 is 14.9 Å². The van der Waals surface area contributed by atoms with Crippen LogP contribution in [-0.4, -0.2) is 48.9 Å². The predicted molar refractivity (Wildman–Crippen MR) is 115 cm³/mol. The fourth-order valence-corrected chi connectivity index (χ4v) is 2.79. The summed E-state index contributed by atoms with van der Waals surface area (Å²) in [5.41, 5.74) is 2.97. The number of benzene rings is 2. The smallest absolute Gasteiger partial charge is 0.185 e. The van der Waals surface area contributed by atoms with Gasteiger partial charge in [-0.25, -0.2) is 0 Å². The molecule has 0 radical (unpaired) electrons. The molecule has 2 aromatic rings. The second kappa shape index (κ2) is 10.5. The van der Waals surface area contributed by atoms with Crippen molar-refractivity contribution in [3.05, 3.63) is 69.8 Å². The summed E-state index contributed by atoms with van der Waals surface area (Å²) in [4.78, 5) is 16.6. The molecule has 6 heteroatoms. The van der Waals surface area contributed by atoms with E-state index in [1.807, 2.05) is 50.1 Å². The van der Waals surface area contributed by atoms with Crippen molar-refractivity contribution in [3.63, 3.8) is 0 Å². The van der Waals surface area contributed by atoms with Gasteiger partial charge in [0.15, 0.2) is 5.78 Å². The van der Waals surface area contributed by atoms with Crippen molar-refractivity contribution in [2.24, 2.45) is 0 Å². The molecule has 2 aromatic carbocycles. The summed E-state index contributed by atoms with van der Waals surface area (Å²) in [6, 6.07) is 10.8. The minimum atomic E-state index is -0.0973. The Kier molecular flexibility index (Phi) is 9.00. The topological polar surface area (TPSA) is 43.8 Å². The fraction of sp³-hybridized carbons (Fsp3) is 0.286. The number of carbonyl (C=O) groups excluding carboxylic acids is 1. The van der Waals surface area contributed by atoms with Crippen LogP contribution in [0.25, 0.3) is 6.08 Å². The van der Waals surface area contributed by atoms with E-state index in [1.54, 1.807) is 36.4 Å². The van der Waals surface area contributed by atoms with Crippen molar-refractivity contribution < 1.29 is 9.90 Å². The first-order valence-corrected chi connectivity index (χ1v) is 8.76. The Bertz CT molecular complexity index is 769. The Labute approximate surface area is 172 Å². The third kappa shape index (κ3) is 7.00. The molecule has 0 aliphatic heterocycles. The summed E-state index contributed by atoms with van der Waals surface area (Å²) in [6.45, 7) is 1.13. The summed E-state index contributed by atoms with van der Waals surface area (Å²) in [5.74, 6) is 0.158. The zero-order chi connectivity index (χ0) is 19.3. The average Bonchev–Trinajstić information content (AvgIpc) is 2.56. The maximum Gasteiger partial charge on any atom is 0.185 e. The van der Waals surface area contributed by atoms with Gasteiger partial charge in [0, 0.05) is 34.8 Å². The van der Waals surface area contributed by atoms with Gasteiger partial charge >= 0.3 is 0 Å². The first kappa shape index (κ1) is 23.2. The molecule has 0 amide bonds. The van der Waals surface area contributed by atoms with Gasteiger partial charge in [-0.1, -0.05) is 29.8 Å². The molecule has 146 valence electrons. The number of hydrogen-bond acceptors (Lipinski definition) is 4. The highest BCUT2D eigenvalue weighted by Gasteiger charge is 2.14. The fourth-order valence-electron chi connectivity index (χ4n) is 2.67. The van der Waals surface area contributed by atoms with E-state index in [0.29, 0.717) is 23.7 Å². The molecule has 0 saturated heterocycles. The molecule has 0 spiro atoms. The van der Waals surface area contributed by atoms with Crippen LogP contribution in [0.3, 0.4) is 0 Å². The molecule has 0 aliphatic rings. The van der Waals surface area contributed by atoms with E-state index in [0.717, 1.165) is 16.7 Å². The van der Waals surface area contributed by atoms with Crippen LogP contribution >= 0.6 is 24.0 Å². The van der Waals surface area contributed by atoms with Crippen molar-refractivity contribution in [1.29, 1.82) is 0 Å². The lowest BCUT2D eigenvalue weighted by atomic mass is 10.00. The highest BCUT2D eigenvalue weighted by atomic mass is 35.5. The number of allylic oxidation sites excluding steroid dienone is 1. The van der Waals surface area contributed by atoms with Gasteiger partial charge in [0.1, 0.15) is 5.75 Å². The third-order valence-electron chi connectivity index (χ3n) is 3.82. The third-order valence-corrected chi connectivity index (χ3v) is 4.07. The van der Waals surface area contributed by atoms with Crippen molar-refractivity contribution in [2.75, 3.05) is 28.2 Å². The number of phenolic OH excluding ortho intramolecular Hbond substituents is 1. The van der Waals surface area contributed by atoms with Crippen LogP contribution in [0, 0.1) is 0 Å². The molecule has 2 rings (SSSR count). The highest BCUT2D eigenvalue weighted by Crippen LogP contribution is 2.27. The molecular formula is C21H26Cl2N2O2. The Morgan fingerprint density at radius 2 is 1.48 bits per heavy atom. The second-order valence-corrected chi connectivity index (χ2v) is 7.30. The summed E-state index contributed by atoms with van der Waals surface area (Å²) in [7, 11) is 7.72. The normalized spacial score (nSPS) is 11.2. The Hall–Kier alpha value is -1.85. The summed E-state index contributed by atoms with van der Waals surface area (Å²) in [6.07, 6.45) is 3.32. The maximum atomic E-state index is 12.7. The molecule has 0 heterocycles. The number of hydrogen-bond donors (Lipinski definition) is 1. The molecule has 0 aromatic heterocycles. The van der Waals surface area contributed by atoms with Gasteiger partial charge in [0.25, 0.3) is 0 Å². The van der Waals surface area contributed by atoms with Crippen LogP contribution in [-0.2, 0) is 13.1 Å². The number of carbonyl (C=O) groups is 1. The number of ketones is 1. The first-order valence-electron chi connectivity index (χ1n) is 8.38. The van der Waals surface area contributed by atoms with Crippen LogP contribution in [0.4, 0.5) is 0 Å². The number of halogens is 2. The molecular weight excluding hydrogens is 383 g/mol. The second-order valence-electron chi connectivity index (χ2n) is 6.87. The molecule has 0 atom stereocenters. The van der Waals surface area contributed by atoms with E-state index in [4.69, 9.17) is 11.6 Å². The van der Waals surface area contributed by atoms with Crippen LogP contribution < -0.4 is 0 Å². The molecule has 27 heavy (non-hydrogen) atoms. The summed E-state index contributed by atoms with van der Waals surface area (Å²) >= 11 is 5.88. The Morgan fingerprint density at radius 1 is 1.00 bits per heavy atom.